The molecule has 0 saturated carbocycles. The lowest BCUT2D eigenvalue weighted by atomic mass is 10.2. The van der Waals surface area contributed by atoms with Gasteiger partial charge in [-0.1, -0.05) is 13.8 Å². The minimum atomic E-state index is -3.69. The first-order valence-electron chi connectivity index (χ1n) is 10.3. The van der Waals surface area contributed by atoms with Gasteiger partial charge in [0, 0.05) is 25.4 Å². The Morgan fingerprint density at radius 3 is 2.19 bits per heavy atom. The number of aromatic nitrogens is 1. The standard InChI is InChI=1S/C22H31N3O5S/c1-7-25(8-2)31(27,28)18-10-11-20(29-15(3)4)19(13-18)24-22(26)17-9-12-21(23-14-17)30-16(5)6/h9-16H,7-8H2,1-6H3,(H,24,26). The highest BCUT2D eigenvalue weighted by Gasteiger charge is 2.24. The molecule has 0 atom stereocenters. The van der Waals surface area contributed by atoms with Gasteiger partial charge in [-0.2, -0.15) is 4.31 Å². The van der Waals surface area contributed by atoms with E-state index in [0.29, 0.717) is 30.3 Å². The van der Waals surface area contributed by atoms with Crippen LogP contribution in [-0.2, 0) is 10.0 Å². The second-order valence-electron chi connectivity index (χ2n) is 7.42. The number of anilines is 1. The molecule has 31 heavy (non-hydrogen) atoms. The summed E-state index contributed by atoms with van der Waals surface area (Å²) in [4.78, 5) is 17.0. The summed E-state index contributed by atoms with van der Waals surface area (Å²) in [6.07, 6.45) is 1.22. The maximum atomic E-state index is 12.9. The quantitative estimate of drug-likeness (QED) is 0.590. The molecule has 0 saturated heterocycles. The van der Waals surface area contributed by atoms with E-state index in [1.54, 1.807) is 32.0 Å². The Bertz CT molecular complexity index is 985. The Hall–Kier alpha value is -2.65. The molecular weight excluding hydrogens is 418 g/mol. The zero-order valence-electron chi connectivity index (χ0n) is 18.9. The Morgan fingerprint density at radius 2 is 1.68 bits per heavy atom. The smallest absolute Gasteiger partial charge is 0.257 e. The number of carbonyl (C=O) groups excluding carboxylic acids is 1. The molecule has 0 radical (unpaired) electrons. The first-order chi connectivity index (χ1) is 14.6. The summed E-state index contributed by atoms with van der Waals surface area (Å²) in [5.41, 5.74) is 0.582. The number of benzene rings is 1. The highest BCUT2D eigenvalue weighted by atomic mass is 32.2. The Morgan fingerprint density at radius 1 is 1.03 bits per heavy atom. The van der Waals surface area contributed by atoms with Crippen LogP contribution in [0.15, 0.2) is 41.4 Å². The maximum Gasteiger partial charge on any atom is 0.257 e. The van der Waals surface area contributed by atoms with Crippen LogP contribution in [0.4, 0.5) is 5.69 Å². The molecule has 0 aliphatic heterocycles. The summed E-state index contributed by atoms with van der Waals surface area (Å²) in [7, 11) is -3.69. The van der Waals surface area contributed by atoms with Crippen LogP contribution < -0.4 is 14.8 Å². The molecule has 0 fully saturated rings. The number of carbonyl (C=O) groups is 1. The molecule has 0 aliphatic carbocycles. The lowest BCUT2D eigenvalue weighted by molar-refractivity contribution is 0.102. The van der Waals surface area contributed by atoms with E-state index in [1.807, 2.05) is 27.7 Å². The minimum absolute atomic E-state index is 0.0292. The van der Waals surface area contributed by atoms with Gasteiger partial charge in [0.15, 0.2) is 0 Å². The van der Waals surface area contributed by atoms with Crippen LogP contribution in [0.3, 0.4) is 0 Å². The number of hydrogen-bond donors (Lipinski definition) is 1. The summed E-state index contributed by atoms with van der Waals surface area (Å²) in [5.74, 6) is 0.367. The third kappa shape index (κ3) is 6.41. The van der Waals surface area contributed by atoms with E-state index in [1.165, 1.54) is 22.6 Å². The minimum Gasteiger partial charge on any atom is -0.489 e. The molecule has 2 rings (SSSR count). The van der Waals surface area contributed by atoms with Crippen molar-refractivity contribution in [2.75, 3.05) is 18.4 Å². The van der Waals surface area contributed by atoms with Gasteiger partial charge in [-0.3, -0.25) is 4.79 Å². The normalized spacial score (nSPS) is 11.8. The fourth-order valence-corrected chi connectivity index (χ4v) is 4.34. The summed E-state index contributed by atoms with van der Waals surface area (Å²) < 4.78 is 38.4. The Labute approximate surface area is 184 Å². The number of sulfonamides is 1. The van der Waals surface area contributed by atoms with Gasteiger partial charge in [0.1, 0.15) is 5.75 Å². The second kappa shape index (κ2) is 10.6. The van der Waals surface area contributed by atoms with Crippen LogP contribution in [0, 0.1) is 0 Å². The first-order valence-corrected chi connectivity index (χ1v) is 11.8. The van der Waals surface area contributed by atoms with Gasteiger partial charge < -0.3 is 14.8 Å². The van der Waals surface area contributed by atoms with Crippen LogP contribution in [0.2, 0.25) is 0 Å². The van der Waals surface area contributed by atoms with Crippen molar-refractivity contribution in [1.82, 2.24) is 9.29 Å². The number of amides is 1. The van der Waals surface area contributed by atoms with E-state index < -0.39 is 15.9 Å². The van der Waals surface area contributed by atoms with E-state index >= 15 is 0 Å². The fraction of sp³-hybridized carbons (Fsp3) is 0.455. The molecule has 8 nitrogen and oxygen atoms in total. The number of nitrogens with one attached hydrogen (secondary N) is 1. The summed E-state index contributed by atoms with van der Waals surface area (Å²) in [6, 6.07) is 7.68. The third-order valence-corrected chi connectivity index (χ3v) is 6.31. The molecule has 0 spiro atoms. The van der Waals surface area contributed by atoms with Crippen molar-refractivity contribution in [3.63, 3.8) is 0 Å². The van der Waals surface area contributed by atoms with Crippen molar-refractivity contribution < 1.29 is 22.7 Å². The number of nitrogens with zero attached hydrogens (tertiary/aromatic N) is 2. The molecule has 1 aromatic heterocycles. The topological polar surface area (TPSA) is 97.8 Å². The Balaban J connectivity index is 2.37. The van der Waals surface area contributed by atoms with Crippen LogP contribution in [0.25, 0.3) is 0 Å². The monoisotopic (exact) mass is 449 g/mol. The average Bonchev–Trinajstić information content (AvgIpc) is 2.69. The molecular formula is C22H31N3O5S. The highest BCUT2D eigenvalue weighted by molar-refractivity contribution is 7.89. The van der Waals surface area contributed by atoms with Crippen molar-refractivity contribution in [1.29, 1.82) is 0 Å². The van der Waals surface area contributed by atoms with E-state index in [4.69, 9.17) is 9.47 Å². The van der Waals surface area contributed by atoms with E-state index in [9.17, 15) is 13.2 Å². The predicted octanol–water partition coefficient (Wildman–Crippen LogP) is 3.94. The molecule has 1 N–H and O–H groups in total. The summed E-state index contributed by atoms with van der Waals surface area (Å²) in [5, 5.41) is 2.75. The number of hydrogen-bond acceptors (Lipinski definition) is 6. The van der Waals surface area contributed by atoms with Crippen LogP contribution >= 0.6 is 0 Å². The molecule has 0 aliphatic rings. The lowest BCUT2D eigenvalue weighted by Gasteiger charge is -2.20. The molecule has 0 bridgehead atoms. The number of rotatable bonds is 10. The molecule has 1 heterocycles. The van der Waals surface area contributed by atoms with Crippen molar-refractivity contribution >= 4 is 21.6 Å². The van der Waals surface area contributed by atoms with E-state index in [2.05, 4.69) is 10.3 Å². The number of pyridine rings is 1. The van der Waals surface area contributed by atoms with Gasteiger partial charge in [-0.15, -0.1) is 0 Å². The largest absolute Gasteiger partial charge is 0.489 e. The zero-order valence-corrected chi connectivity index (χ0v) is 19.7. The third-order valence-electron chi connectivity index (χ3n) is 4.26. The average molecular weight is 450 g/mol. The zero-order chi connectivity index (χ0) is 23.2. The molecule has 9 heteroatoms. The summed E-state index contributed by atoms with van der Waals surface area (Å²) >= 11 is 0. The second-order valence-corrected chi connectivity index (χ2v) is 9.36. The van der Waals surface area contributed by atoms with Crippen molar-refractivity contribution in [2.45, 2.75) is 58.6 Å². The molecule has 0 unspecified atom stereocenters. The van der Waals surface area contributed by atoms with Crippen LogP contribution in [0.1, 0.15) is 51.9 Å². The molecule has 1 amide bonds. The van der Waals surface area contributed by atoms with Gasteiger partial charge in [-0.05, 0) is 52.0 Å². The molecule has 1 aromatic carbocycles. The number of ether oxygens (including phenoxy) is 2. The Kier molecular flexibility index (Phi) is 8.41. The summed E-state index contributed by atoms with van der Waals surface area (Å²) in [6.45, 7) is 11.7. The predicted molar refractivity (Wildman–Crippen MR) is 120 cm³/mol. The molecule has 170 valence electrons. The van der Waals surface area contributed by atoms with E-state index in [-0.39, 0.29) is 22.8 Å². The van der Waals surface area contributed by atoms with Crippen molar-refractivity contribution in [2.24, 2.45) is 0 Å². The van der Waals surface area contributed by atoms with Gasteiger partial charge in [0.05, 0.1) is 28.4 Å². The highest BCUT2D eigenvalue weighted by Crippen LogP contribution is 2.30. The fourth-order valence-electron chi connectivity index (χ4n) is 2.86. The van der Waals surface area contributed by atoms with Gasteiger partial charge >= 0.3 is 0 Å². The van der Waals surface area contributed by atoms with Gasteiger partial charge in [0.25, 0.3) is 5.91 Å². The van der Waals surface area contributed by atoms with E-state index in [0.717, 1.165) is 0 Å². The van der Waals surface area contributed by atoms with Gasteiger partial charge in [-0.25, -0.2) is 13.4 Å². The van der Waals surface area contributed by atoms with Crippen molar-refractivity contribution in [3.8, 4) is 11.6 Å². The van der Waals surface area contributed by atoms with Crippen LogP contribution in [-0.4, -0.2) is 48.9 Å². The van der Waals surface area contributed by atoms with Crippen molar-refractivity contribution in [3.05, 3.63) is 42.1 Å². The molecule has 2 aromatic rings. The SMILES string of the molecule is CCN(CC)S(=O)(=O)c1ccc(OC(C)C)c(NC(=O)c2ccc(OC(C)C)nc2)c1. The van der Waals surface area contributed by atoms with Gasteiger partial charge in [0.2, 0.25) is 15.9 Å². The van der Waals surface area contributed by atoms with Crippen LogP contribution in [0.5, 0.6) is 11.6 Å². The lowest BCUT2D eigenvalue weighted by Crippen LogP contribution is -2.30. The maximum absolute atomic E-state index is 12.9. The first kappa shape index (κ1) is 24.6.